The van der Waals surface area contributed by atoms with Crippen molar-refractivity contribution in [3.05, 3.63) is 23.0 Å². The van der Waals surface area contributed by atoms with E-state index in [4.69, 9.17) is 11.6 Å². The molecule has 0 spiro atoms. The van der Waals surface area contributed by atoms with Gasteiger partial charge in [-0.3, -0.25) is 0 Å². The molecule has 7 heteroatoms. The highest BCUT2D eigenvalue weighted by atomic mass is 35.5. The summed E-state index contributed by atoms with van der Waals surface area (Å²) in [5.41, 5.74) is -1.18. The molecule has 0 aromatic carbocycles. The summed E-state index contributed by atoms with van der Waals surface area (Å²) >= 11 is 5.41. The molecule has 0 aliphatic heterocycles. The SMILES string of the molecule is COC(=O)c1cc(C(F)F)c(O)c(CCl)n1. The number of esters is 1. The first-order valence-electron chi connectivity index (χ1n) is 4.16. The molecule has 1 aromatic rings. The van der Waals surface area contributed by atoms with E-state index in [2.05, 4.69) is 9.72 Å². The summed E-state index contributed by atoms with van der Waals surface area (Å²) < 4.78 is 29.4. The van der Waals surface area contributed by atoms with Crippen molar-refractivity contribution in [2.45, 2.75) is 12.3 Å². The number of pyridine rings is 1. The second kappa shape index (κ2) is 5.07. The molecule has 0 radical (unpaired) electrons. The van der Waals surface area contributed by atoms with Crippen molar-refractivity contribution in [1.82, 2.24) is 4.98 Å². The van der Waals surface area contributed by atoms with Crippen LogP contribution in [0.1, 0.15) is 28.2 Å². The quantitative estimate of drug-likeness (QED) is 0.661. The summed E-state index contributed by atoms with van der Waals surface area (Å²) in [4.78, 5) is 14.7. The lowest BCUT2D eigenvalue weighted by molar-refractivity contribution is 0.0593. The first-order chi connectivity index (χ1) is 7.51. The molecule has 0 bridgehead atoms. The van der Waals surface area contributed by atoms with Crippen molar-refractivity contribution in [2.24, 2.45) is 0 Å². The van der Waals surface area contributed by atoms with Crippen molar-refractivity contribution in [3.63, 3.8) is 0 Å². The Hall–Kier alpha value is -1.43. The van der Waals surface area contributed by atoms with Gasteiger partial charge in [-0.15, -0.1) is 11.6 Å². The Balaban J connectivity index is 3.34. The smallest absolute Gasteiger partial charge is 0.356 e. The number of aromatic nitrogens is 1. The molecule has 16 heavy (non-hydrogen) atoms. The molecular weight excluding hydrogens is 244 g/mol. The number of ether oxygens (including phenoxy) is 1. The molecule has 88 valence electrons. The van der Waals surface area contributed by atoms with Crippen LogP contribution in [-0.2, 0) is 10.6 Å². The van der Waals surface area contributed by atoms with Crippen LogP contribution in [0.25, 0.3) is 0 Å². The summed E-state index contributed by atoms with van der Waals surface area (Å²) in [6.07, 6.45) is -2.92. The molecule has 4 nitrogen and oxygen atoms in total. The molecule has 0 saturated carbocycles. The van der Waals surface area contributed by atoms with Crippen LogP contribution in [0.4, 0.5) is 8.78 Å². The van der Waals surface area contributed by atoms with E-state index in [0.717, 1.165) is 13.2 Å². The van der Waals surface area contributed by atoms with Crippen LogP contribution >= 0.6 is 11.6 Å². The highest BCUT2D eigenvalue weighted by Gasteiger charge is 2.21. The largest absolute Gasteiger partial charge is 0.505 e. The fourth-order valence-electron chi connectivity index (χ4n) is 1.08. The van der Waals surface area contributed by atoms with Gasteiger partial charge in [-0.05, 0) is 6.07 Å². The summed E-state index contributed by atoms with van der Waals surface area (Å²) in [5.74, 6) is -1.85. The minimum atomic E-state index is -2.92. The van der Waals surface area contributed by atoms with E-state index in [9.17, 15) is 18.7 Å². The summed E-state index contributed by atoms with van der Waals surface area (Å²) in [6, 6.07) is 0.780. The zero-order valence-electron chi connectivity index (χ0n) is 8.21. The Morgan fingerprint density at radius 3 is 2.75 bits per heavy atom. The number of aromatic hydroxyl groups is 1. The van der Waals surface area contributed by atoms with Crippen LogP contribution in [0.3, 0.4) is 0 Å². The van der Waals surface area contributed by atoms with Crippen molar-refractivity contribution < 1.29 is 23.4 Å². The molecule has 0 aliphatic carbocycles. The minimum Gasteiger partial charge on any atom is -0.505 e. The lowest BCUT2D eigenvalue weighted by Crippen LogP contribution is -2.07. The topological polar surface area (TPSA) is 59.4 Å². The fourth-order valence-corrected chi connectivity index (χ4v) is 1.27. The van der Waals surface area contributed by atoms with Gasteiger partial charge in [0.25, 0.3) is 6.43 Å². The number of hydrogen-bond acceptors (Lipinski definition) is 4. The highest BCUT2D eigenvalue weighted by molar-refractivity contribution is 6.17. The third-order valence-electron chi connectivity index (χ3n) is 1.85. The van der Waals surface area contributed by atoms with Gasteiger partial charge in [0.15, 0.2) is 0 Å². The molecule has 1 rings (SSSR count). The standard InChI is InChI=1S/C9H8ClF2NO3/c1-16-9(15)5-2-4(8(11)12)7(14)6(3-10)13-5/h2,8,14H,3H2,1H3. The Labute approximate surface area is 94.8 Å². The average Bonchev–Trinajstić information content (AvgIpc) is 2.27. The number of rotatable bonds is 3. The van der Waals surface area contributed by atoms with Crippen molar-refractivity contribution in [1.29, 1.82) is 0 Å². The predicted octanol–water partition coefficient (Wildman–Crippen LogP) is 2.25. The van der Waals surface area contributed by atoms with Gasteiger partial charge >= 0.3 is 5.97 Å². The number of methoxy groups -OCH3 is 1. The Kier molecular flexibility index (Phi) is 4.00. The third kappa shape index (κ3) is 2.38. The maximum atomic E-state index is 12.5. The van der Waals surface area contributed by atoms with E-state index in [-0.39, 0.29) is 17.3 Å². The van der Waals surface area contributed by atoms with E-state index in [1.807, 2.05) is 0 Å². The molecule has 0 atom stereocenters. The lowest BCUT2D eigenvalue weighted by Gasteiger charge is -2.08. The zero-order chi connectivity index (χ0) is 12.3. The van der Waals surface area contributed by atoms with Crippen molar-refractivity contribution in [3.8, 4) is 5.75 Å². The average molecular weight is 252 g/mol. The molecule has 1 N–H and O–H groups in total. The fraction of sp³-hybridized carbons (Fsp3) is 0.333. The summed E-state index contributed by atoms with van der Waals surface area (Å²) in [5, 5.41) is 9.36. The van der Waals surface area contributed by atoms with Crippen LogP contribution in [0.2, 0.25) is 0 Å². The monoisotopic (exact) mass is 251 g/mol. The Bertz CT molecular complexity index is 412. The lowest BCUT2D eigenvalue weighted by atomic mass is 10.1. The highest BCUT2D eigenvalue weighted by Crippen LogP contribution is 2.31. The van der Waals surface area contributed by atoms with E-state index in [1.54, 1.807) is 0 Å². The Morgan fingerprint density at radius 2 is 2.31 bits per heavy atom. The molecule has 0 aliphatic rings. The summed E-state index contributed by atoms with van der Waals surface area (Å²) in [7, 11) is 1.10. The van der Waals surface area contributed by atoms with Crippen LogP contribution in [0.5, 0.6) is 5.75 Å². The van der Waals surface area contributed by atoms with Gasteiger partial charge < -0.3 is 9.84 Å². The maximum absolute atomic E-state index is 12.5. The molecule has 0 fully saturated rings. The van der Waals surface area contributed by atoms with Gasteiger partial charge in [0.1, 0.15) is 11.4 Å². The molecule has 1 heterocycles. The van der Waals surface area contributed by atoms with Gasteiger partial charge in [-0.1, -0.05) is 0 Å². The van der Waals surface area contributed by atoms with E-state index in [1.165, 1.54) is 0 Å². The van der Waals surface area contributed by atoms with E-state index in [0.29, 0.717) is 0 Å². The predicted molar refractivity (Wildman–Crippen MR) is 51.8 cm³/mol. The van der Waals surface area contributed by atoms with Gasteiger partial charge in [0, 0.05) is 0 Å². The third-order valence-corrected chi connectivity index (χ3v) is 2.10. The van der Waals surface area contributed by atoms with E-state index >= 15 is 0 Å². The number of alkyl halides is 3. The first-order valence-corrected chi connectivity index (χ1v) is 4.70. The Morgan fingerprint density at radius 1 is 1.69 bits per heavy atom. The van der Waals surface area contributed by atoms with Gasteiger partial charge in [0.2, 0.25) is 0 Å². The molecule has 1 aromatic heterocycles. The van der Waals surface area contributed by atoms with Crippen LogP contribution in [0.15, 0.2) is 6.07 Å². The van der Waals surface area contributed by atoms with E-state index < -0.39 is 23.7 Å². The van der Waals surface area contributed by atoms with Crippen LogP contribution in [-0.4, -0.2) is 23.2 Å². The molecule has 0 amide bonds. The van der Waals surface area contributed by atoms with Gasteiger partial charge in [0.05, 0.1) is 24.2 Å². The normalized spacial score (nSPS) is 10.6. The van der Waals surface area contributed by atoms with Crippen LogP contribution in [0, 0.1) is 0 Å². The number of carbonyl (C=O) groups is 1. The second-order valence-electron chi connectivity index (χ2n) is 2.82. The van der Waals surface area contributed by atoms with Crippen LogP contribution < -0.4 is 0 Å². The number of carbonyl (C=O) groups excluding carboxylic acids is 1. The number of nitrogens with zero attached hydrogens (tertiary/aromatic N) is 1. The summed E-state index contributed by atoms with van der Waals surface area (Å²) in [6.45, 7) is 0. The maximum Gasteiger partial charge on any atom is 0.356 e. The zero-order valence-corrected chi connectivity index (χ0v) is 8.96. The molecule has 0 saturated heterocycles. The first kappa shape index (κ1) is 12.6. The van der Waals surface area contributed by atoms with Gasteiger partial charge in [-0.25, -0.2) is 18.6 Å². The van der Waals surface area contributed by atoms with Crippen molar-refractivity contribution >= 4 is 17.6 Å². The minimum absolute atomic E-state index is 0.181. The number of halogens is 3. The second-order valence-corrected chi connectivity index (χ2v) is 3.09. The van der Waals surface area contributed by atoms with Gasteiger partial charge in [-0.2, -0.15) is 0 Å². The molecular formula is C9H8ClF2NO3. The van der Waals surface area contributed by atoms with Crippen molar-refractivity contribution in [2.75, 3.05) is 7.11 Å². The number of hydrogen-bond donors (Lipinski definition) is 1. The molecule has 0 unspecified atom stereocenters.